The van der Waals surface area contributed by atoms with E-state index < -0.39 is 4.92 Å². The maximum Gasteiger partial charge on any atom is 0.270 e. The summed E-state index contributed by atoms with van der Waals surface area (Å²) in [7, 11) is 0. The molecule has 7 heteroatoms. The Morgan fingerprint density at radius 2 is 2.24 bits per heavy atom. The average Bonchev–Trinajstić information content (AvgIpc) is 2.92. The lowest BCUT2D eigenvalue weighted by atomic mass is 10.1. The number of carbonyl (C=O) groups excluding carboxylic acids is 1. The van der Waals surface area contributed by atoms with E-state index in [1.165, 1.54) is 25.1 Å². The molecule has 110 valence electrons. The Bertz CT molecular complexity index is 679. The van der Waals surface area contributed by atoms with Crippen LogP contribution in [0.25, 0.3) is 0 Å². The van der Waals surface area contributed by atoms with Gasteiger partial charge in [-0.05, 0) is 19.9 Å². The minimum atomic E-state index is -0.539. The first-order chi connectivity index (χ1) is 10.0. The number of aromatic nitrogens is 2. The average molecular weight is 289 g/mol. The van der Waals surface area contributed by atoms with Crippen molar-refractivity contribution in [2.45, 2.75) is 27.0 Å². The standard InChI is InChI=1S/C14H15N3O4/c1-3-16-9-15-7-12(16)8-21-14-5-4-11(17(19)20)6-13(14)10(2)18/h4-7,9H,3,8H2,1-2H3. The molecule has 2 rings (SSSR count). The molecule has 0 bridgehead atoms. The number of hydrogen-bond donors (Lipinski definition) is 0. The molecule has 0 saturated carbocycles. The number of carbonyl (C=O) groups is 1. The summed E-state index contributed by atoms with van der Waals surface area (Å²) in [6, 6.07) is 4.00. The quantitative estimate of drug-likeness (QED) is 0.463. The summed E-state index contributed by atoms with van der Waals surface area (Å²) in [5.74, 6) is 0.0506. The smallest absolute Gasteiger partial charge is 0.270 e. The van der Waals surface area contributed by atoms with E-state index in [1.807, 2.05) is 11.5 Å². The summed E-state index contributed by atoms with van der Waals surface area (Å²) < 4.78 is 7.53. The van der Waals surface area contributed by atoms with Crippen LogP contribution in [0, 0.1) is 10.1 Å². The van der Waals surface area contributed by atoms with Gasteiger partial charge in [0.2, 0.25) is 0 Å². The molecule has 21 heavy (non-hydrogen) atoms. The van der Waals surface area contributed by atoms with Crippen LogP contribution in [0.2, 0.25) is 0 Å². The van der Waals surface area contributed by atoms with E-state index in [2.05, 4.69) is 4.98 Å². The Hall–Kier alpha value is -2.70. The van der Waals surface area contributed by atoms with E-state index in [0.29, 0.717) is 5.75 Å². The lowest BCUT2D eigenvalue weighted by Gasteiger charge is -2.10. The molecular formula is C14H15N3O4. The fourth-order valence-corrected chi connectivity index (χ4v) is 1.94. The summed E-state index contributed by atoms with van der Waals surface area (Å²) >= 11 is 0. The Labute approximate surface area is 121 Å². The van der Waals surface area contributed by atoms with Gasteiger partial charge in [-0.15, -0.1) is 0 Å². The van der Waals surface area contributed by atoms with Crippen molar-refractivity contribution >= 4 is 11.5 Å². The van der Waals surface area contributed by atoms with Gasteiger partial charge in [0.25, 0.3) is 5.69 Å². The van der Waals surface area contributed by atoms with Crippen LogP contribution in [-0.2, 0) is 13.2 Å². The van der Waals surface area contributed by atoms with Crippen molar-refractivity contribution < 1.29 is 14.5 Å². The van der Waals surface area contributed by atoms with E-state index in [0.717, 1.165) is 12.2 Å². The van der Waals surface area contributed by atoms with Gasteiger partial charge in [-0.3, -0.25) is 14.9 Å². The molecule has 0 aliphatic heterocycles. The molecule has 0 radical (unpaired) electrons. The summed E-state index contributed by atoms with van der Waals surface area (Å²) in [5, 5.41) is 10.8. The molecular weight excluding hydrogens is 274 g/mol. The normalized spacial score (nSPS) is 10.4. The Balaban J connectivity index is 2.23. The molecule has 0 unspecified atom stereocenters. The third-order valence-corrected chi connectivity index (χ3v) is 3.07. The lowest BCUT2D eigenvalue weighted by molar-refractivity contribution is -0.384. The second kappa shape index (κ2) is 6.17. The predicted octanol–water partition coefficient (Wildman–Crippen LogP) is 2.59. The van der Waals surface area contributed by atoms with Crippen LogP contribution in [0.3, 0.4) is 0 Å². The first kappa shape index (κ1) is 14.7. The lowest BCUT2D eigenvalue weighted by Crippen LogP contribution is -2.06. The molecule has 0 N–H and O–H groups in total. The number of aryl methyl sites for hydroxylation is 1. The van der Waals surface area contributed by atoms with E-state index in [9.17, 15) is 14.9 Å². The van der Waals surface area contributed by atoms with Crippen molar-refractivity contribution in [3.05, 3.63) is 52.1 Å². The molecule has 0 aliphatic carbocycles. The number of imidazole rings is 1. The van der Waals surface area contributed by atoms with E-state index >= 15 is 0 Å². The second-order valence-corrected chi connectivity index (χ2v) is 4.45. The van der Waals surface area contributed by atoms with Gasteiger partial charge >= 0.3 is 0 Å². The third kappa shape index (κ3) is 3.25. The highest BCUT2D eigenvalue weighted by atomic mass is 16.6. The SMILES string of the molecule is CCn1cncc1COc1ccc([N+](=O)[O-])cc1C(C)=O. The van der Waals surface area contributed by atoms with Crippen LogP contribution < -0.4 is 4.74 Å². The van der Waals surface area contributed by atoms with E-state index in [4.69, 9.17) is 4.74 Å². The minimum Gasteiger partial charge on any atom is -0.487 e. The zero-order valence-corrected chi connectivity index (χ0v) is 11.8. The Kier molecular flexibility index (Phi) is 4.32. The second-order valence-electron chi connectivity index (χ2n) is 4.45. The first-order valence-corrected chi connectivity index (χ1v) is 6.44. The number of hydrogen-bond acceptors (Lipinski definition) is 5. The van der Waals surface area contributed by atoms with E-state index in [1.54, 1.807) is 12.5 Å². The highest BCUT2D eigenvalue weighted by Gasteiger charge is 2.15. The Morgan fingerprint density at radius 1 is 1.48 bits per heavy atom. The van der Waals surface area contributed by atoms with Gasteiger partial charge in [-0.2, -0.15) is 0 Å². The zero-order chi connectivity index (χ0) is 15.4. The summed E-state index contributed by atoms with van der Waals surface area (Å²) in [4.78, 5) is 25.8. The van der Waals surface area contributed by atoms with Crippen molar-refractivity contribution in [3.63, 3.8) is 0 Å². The molecule has 1 heterocycles. The molecule has 0 aliphatic rings. The van der Waals surface area contributed by atoms with Crippen molar-refractivity contribution in [3.8, 4) is 5.75 Å². The van der Waals surface area contributed by atoms with Crippen LogP contribution in [0.1, 0.15) is 29.9 Å². The van der Waals surface area contributed by atoms with Gasteiger partial charge in [0.1, 0.15) is 12.4 Å². The highest BCUT2D eigenvalue weighted by molar-refractivity contribution is 5.97. The molecule has 2 aromatic rings. The van der Waals surface area contributed by atoms with Gasteiger partial charge in [-0.1, -0.05) is 0 Å². The zero-order valence-electron chi connectivity index (χ0n) is 11.8. The number of Topliss-reactive ketones (excluding diaryl/α,β-unsaturated/α-hetero) is 1. The fraction of sp³-hybridized carbons (Fsp3) is 0.286. The number of rotatable bonds is 6. The molecule has 0 amide bonds. The molecule has 0 fully saturated rings. The third-order valence-electron chi connectivity index (χ3n) is 3.07. The van der Waals surface area contributed by atoms with Gasteiger partial charge in [0.05, 0.1) is 28.7 Å². The number of benzene rings is 1. The molecule has 7 nitrogen and oxygen atoms in total. The fourth-order valence-electron chi connectivity index (χ4n) is 1.94. The largest absolute Gasteiger partial charge is 0.487 e. The molecule has 0 spiro atoms. The molecule has 1 aromatic carbocycles. The summed E-state index contributed by atoms with van der Waals surface area (Å²) in [5.41, 5.74) is 0.934. The topological polar surface area (TPSA) is 87.3 Å². The highest BCUT2D eigenvalue weighted by Crippen LogP contribution is 2.25. The Morgan fingerprint density at radius 3 is 2.86 bits per heavy atom. The number of nitrogens with zero attached hydrogens (tertiary/aromatic N) is 3. The van der Waals surface area contributed by atoms with Crippen molar-refractivity contribution in [1.29, 1.82) is 0 Å². The van der Waals surface area contributed by atoms with E-state index in [-0.39, 0.29) is 23.6 Å². The number of nitro groups is 1. The van der Waals surface area contributed by atoms with Crippen LogP contribution >= 0.6 is 0 Å². The van der Waals surface area contributed by atoms with Crippen molar-refractivity contribution in [1.82, 2.24) is 9.55 Å². The number of ether oxygens (including phenoxy) is 1. The number of nitro benzene ring substituents is 1. The van der Waals surface area contributed by atoms with Gasteiger partial charge < -0.3 is 9.30 Å². The van der Waals surface area contributed by atoms with Crippen LogP contribution in [0.4, 0.5) is 5.69 Å². The molecule has 0 saturated heterocycles. The van der Waals surface area contributed by atoms with Crippen molar-refractivity contribution in [2.75, 3.05) is 0 Å². The van der Waals surface area contributed by atoms with Gasteiger partial charge in [0.15, 0.2) is 5.78 Å². The summed E-state index contributed by atoms with van der Waals surface area (Å²) in [6.07, 6.45) is 3.38. The minimum absolute atomic E-state index is 0.133. The predicted molar refractivity (Wildman–Crippen MR) is 75.3 cm³/mol. The van der Waals surface area contributed by atoms with Crippen LogP contribution in [0.5, 0.6) is 5.75 Å². The molecule has 1 aromatic heterocycles. The number of ketones is 1. The maximum absolute atomic E-state index is 11.6. The van der Waals surface area contributed by atoms with Gasteiger partial charge in [0, 0.05) is 18.7 Å². The monoisotopic (exact) mass is 289 g/mol. The summed E-state index contributed by atoms with van der Waals surface area (Å²) in [6.45, 7) is 4.34. The van der Waals surface area contributed by atoms with Crippen LogP contribution in [0.15, 0.2) is 30.7 Å². The van der Waals surface area contributed by atoms with Crippen molar-refractivity contribution in [2.24, 2.45) is 0 Å². The van der Waals surface area contributed by atoms with Crippen LogP contribution in [-0.4, -0.2) is 20.3 Å². The maximum atomic E-state index is 11.6. The number of non-ortho nitro benzene ring substituents is 1. The molecule has 0 atom stereocenters. The van der Waals surface area contributed by atoms with Gasteiger partial charge in [-0.25, -0.2) is 4.98 Å². The first-order valence-electron chi connectivity index (χ1n) is 6.44.